The molecule has 0 saturated carbocycles. The van der Waals surface area contributed by atoms with E-state index < -0.39 is 181 Å². The number of amides is 14. The number of carbonyl (C=O) groups is 14. The first-order valence-electron chi connectivity index (χ1n) is 38.1. The van der Waals surface area contributed by atoms with E-state index in [4.69, 9.17) is 5.73 Å². The van der Waals surface area contributed by atoms with Crippen molar-refractivity contribution < 1.29 is 87.5 Å². The van der Waals surface area contributed by atoms with Crippen molar-refractivity contribution in [2.75, 3.05) is 38.2 Å². The molecule has 1 saturated heterocycles. The van der Waals surface area contributed by atoms with E-state index in [9.17, 15) is 73.2 Å². The molecule has 2 heterocycles. The molecule has 8 rings (SSSR count). The number of nitrogens with two attached hydrogens (primary N) is 1. The van der Waals surface area contributed by atoms with Crippen LogP contribution in [-0.2, 0) is 106 Å². The van der Waals surface area contributed by atoms with Gasteiger partial charge in [-0.05, 0) is 101 Å². The van der Waals surface area contributed by atoms with Crippen LogP contribution in [0.1, 0.15) is 74.4 Å². The van der Waals surface area contributed by atoms with Crippen LogP contribution in [0.15, 0.2) is 164 Å². The summed E-state index contributed by atoms with van der Waals surface area (Å²) in [5.41, 5.74) is 8.90. The summed E-state index contributed by atoms with van der Waals surface area (Å²) in [6.07, 6.45) is 0.112. The lowest BCUT2D eigenvalue weighted by atomic mass is 9.98. The number of para-hydroxylation sites is 1. The highest BCUT2D eigenvalue weighted by atomic mass is 32.2. The predicted octanol–water partition coefficient (Wildman–Crippen LogP) is -0.106. The molecular formula is C83H101N15O18S. The largest absolute Gasteiger partial charge is 0.508 e. The molecule has 7 aromatic rings. The third-order valence-electron chi connectivity index (χ3n) is 19.2. The Bertz CT molecular complexity index is 4630. The monoisotopic (exact) mass is 1630 g/mol. The van der Waals surface area contributed by atoms with Crippen LogP contribution in [-0.4, -0.2) is 218 Å². The third-order valence-corrected chi connectivity index (χ3v) is 20.3. The quantitative estimate of drug-likeness (QED) is 0.0502. The molecule has 11 atom stereocenters. The Morgan fingerprint density at radius 1 is 0.479 bits per heavy atom. The van der Waals surface area contributed by atoms with Gasteiger partial charge in [-0.3, -0.25) is 67.1 Å². The van der Waals surface area contributed by atoms with Gasteiger partial charge in [0.25, 0.3) is 0 Å². The molecule has 0 unspecified atom stereocenters. The molecular weight excluding hydrogens is 1530 g/mol. The zero-order valence-corrected chi connectivity index (χ0v) is 66.3. The lowest BCUT2D eigenvalue weighted by Gasteiger charge is -2.33. The van der Waals surface area contributed by atoms with Gasteiger partial charge in [-0.25, -0.2) is 0 Å². The molecule has 117 heavy (non-hydrogen) atoms. The number of benzene rings is 6. The number of hydrogen-bond acceptors (Lipinski definition) is 19. The molecule has 1 aliphatic rings. The maximum atomic E-state index is 15.6. The Morgan fingerprint density at radius 3 is 1.45 bits per heavy atom. The predicted molar refractivity (Wildman–Crippen MR) is 433 cm³/mol. The van der Waals surface area contributed by atoms with Crippen LogP contribution in [0.5, 0.6) is 17.2 Å². The number of aromatic amines is 1. The third kappa shape index (κ3) is 27.7. The first-order chi connectivity index (χ1) is 55.8. The fraction of sp³-hybridized carbons (Fsp3) is 0.373. The molecule has 14 amide bonds. The lowest BCUT2D eigenvalue weighted by Crippen LogP contribution is -2.61. The number of aliphatic hydroxyl groups excluding tert-OH is 1. The van der Waals surface area contributed by atoms with Gasteiger partial charge in [-0.2, -0.15) is 0 Å². The van der Waals surface area contributed by atoms with Crippen LogP contribution in [0.2, 0.25) is 0 Å². The molecule has 1 fully saturated rings. The highest BCUT2D eigenvalue weighted by Gasteiger charge is 2.39. The second kappa shape index (κ2) is 43.6. The number of fused-ring (bicyclic) bond motifs is 1. The second-order valence-electron chi connectivity index (χ2n) is 29.3. The smallest absolute Gasteiger partial charge is 0.245 e. The van der Waals surface area contributed by atoms with Crippen LogP contribution in [0.3, 0.4) is 0 Å². The first kappa shape index (κ1) is 89.7. The van der Waals surface area contributed by atoms with Crippen molar-refractivity contribution in [3.63, 3.8) is 0 Å². The van der Waals surface area contributed by atoms with Gasteiger partial charge in [0.15, 0.2) is 0 Å². The number of H-pyrrole nitrogens is 1. The van der Waals surface area contributed by atoms with E-state index in [-0.39, 0.29) is 73.9 Å². The molecule has 622 valence electrons. The Labute approximate surface area is 679 Å². The highest BCUT2D eigenvalue weighted by molar-refractivity contribution is 8.00. The van der Waals surface area contributed by atoms with Crippen molar-refractivity contribution in [1.29, 1.82) is 0 Å². The molecule has 34 heteroatoms. The maximum absolute atomic E-state index is 15.6. The summed E-state index contributed by atoms with van der Waals surface area (Å²) in [7, 11) is 1.31. The summed E-state index contributed by atoms with van der Waals surface area (Å²) in [4.78, 5) is 207. The zero-order chi connectivity index (χ0) is 85.0. The number of aliphatic hydroxyl groups is 1. The molecule has 1 aromatic heterocycles. The van der Waals surface area contributed by atoms with E-state index in [2.05, 4.69) is 68.8 Å². The van der Waals surface area contributed by atoms with Crippen molar-refractivity contribution in [2.45, 2.75) is 146 Å². The number of aromatic nitrogens is 1. The Hall–Kier alpha value is -12.9. The van der Waals surface area contributed by atoms with Gasteiger partial charge in [0.05, 0.1) is 25.4 Å². The number of primary amides is 1. The molecule has 0 spiro atoms. The lowest BCUT2D eigenvalue weighted by molar-refractivity contribution is -0.143. The summed E-state index contributed by atoms with van der Waals surface area (Å²) in [5.74, 6) is -15.4. The number of thioether (sulfide) groups is 1. The number of phenolic OH excluding ortho intramolecular Hbond substituents is 3. The fourth-order valence-corrected chi connectivity index (χ4v) is 13.7. The van der Waals surface area contributed by atoms with E-state index in [1.807, 2.05) is 0 Å². The van der Waals surface area contributed by atoms with Crippen LogP contribution >= 0.6 is 11.8 Å². The number of nitrogens with one attached hydrogen (secondary N) is 13. The topological polar surface area (TPSA) is 509 Å². The second-order valence-corrected chi connectivity index (χ2v) is 30.3. The summed E-state index contributed by atoms with van der Waals surface area (Å²) in [5, 5.41) is 73.4. The molecule has 6 aromatic carbocycles. The number of phenols is 3. The number of carbonyl (C=O) groups excluding carboxylic acids is 14. The minimum atomic E-state index is -1.82. The molecule has 19 N–H and O–H groups in total. The highest BCUT2D eigenvalue weighted by Crippen LogP contribution is 2.23. The Balaban J connectivity index is 1.17. The van der Waals surface area contributed by atoms with Gasteiger partial charge >= 0.3 is 0 Å². The molecule has 1 aliphatic heterocycles. The average molecular weight is 1630 g/mol. The van der Waals surface area contributed by atoms with Crippen molar-refractivity contribution in [2.24, 2.45) is 17.6 Å². The summed E-state index contributed by atoms with van der Waals surface area (Å²) in [6.45, 7) is 5.32. The van der Waals surface area contributed by atoms with Crippen LogP contribution in [0.4, 0.5) is 0 Å². The van der Waals surface area contributed by atoms with E-state index in [1.54, 1.807) is 119 Å². The van der Waals surface area contributed by atoms with E-state index in [1.165, 1.54) is 86.8 Å². The summed E-state index contributed by atoms with van der Waals surface area (Å²) >= 11 is 0.822. The normalized spacial score (nSPS) is 22.3. The Morgan fingerprint density at radius 2 is 0.923 bits per heavy atom. The minimum absolute atomic E-state index is 0.0670. The fourth-order valence-electron chi connectivity index (χ4n) is 12.9. The van der Waals surface area contributed by atoms with Gasteiger partial charge in [-0.1, -0.05) is 143 Å². The van der Waals surface area contributed by atoms with Crippen molar-refractivity contribution >= 4 is 105 Å². The van der Waals surface area contributed by atoms with Crippen molar-refractivity contribution in [3.05, 3.63) is 197 Å². The standard InChI is InChI=1S/C83H101N15O18S/c1-46(2)33-60-77(110)96-67(75(108)86-41-69(84)103)44-117-45-71(105)90-61(34-49-15-9-7-10-16-49)78(111)91-62(35-51-21-27-55(100)28-22-51)76(109)88-48(5)73(106)97-72(47(3)4)82(115)93-63(36-52-23-29-56(101)30-24-52)79(112)95-66(43-99)74(107)87-42-70(104)89-64(39-54-40-85-59-20-14-13-19-58(54)59)80(113)94-65(37-53-25-31-57(102)32-26-53)83(116)98(6)68(81(114)92-60)38-50-17-11-8-12-18-50/h7-32,40,46-48,60-68,72,85,99-102H,33-39,41-45H2,1-6H3,(H2,84,103)(H,86,108)(H,87,107)(H,88,109)(H,89,104)(H,90,105)(H,91,111)(H,92,114)(H,93,115)(H,94,113)(H,95,112)(H,96,110)(H,97,106)/t48-,60-,61-,62-,63-,64-,65-,66-,67-,68-,72-/m0/s1. The average Bonchev–Trinajstić information content (AvgIpc) is 1.64. The summed E-state index contributed by atoms with van der Waals surface area (Å²) < 4.78 is 0. The number of aromatic hydroxyl groups is 3. The minimum Gasteiger partial charge on any atom is -0.508 e. The summed E-state index contributed by atoms with van der Waals surface area (Å²) in [6, 6.07) is 24.1. The number of nitrogens with zero attached hydrogens (tertiary/aromatic N) is 1. The zero-order valence-electron chi connectivity index (χ0n) is 65.5. The Kier molecular flexibility index (Phi) is 33.4. The van der Waals surface area contributed by atoms with E-state index in [0.717, 1.165) is 16.7 Å². The van der Waals surface area contributed by atoms with Crippen LogP contribution < -0.4 is 69.5 Å². The van der Waals surface area contributed by atoms with Gasteiger partial charge in [0.1, 0.15) is 83.7 Å². The number of hydrogen-bond donors (Lipinski definition) is 18. The van der Waals surface area contributed by atoms with Gasteiger partial charge in [-0.15, -0.1) is 11.8 Å². The molecule has 0 radical (unpaired) electrons. The number of rotatable bonds is 19. The van der Waals surface area contributed by atoms with Crippen LogP contribution in [0.25, 0.3) is 10.9 Å². The van der Waals surface area contributed by atoms with E-state index in [0.29, 0.717) is 44.3 Å². The molecule has 0 aliphatic carbocycles. The van der Waals surface area contributed by atoms with Gasteiger partial charge in [0, 0.05) is 68.4 Å². The molecule has 0 bridgehead atoms. The van der Waals surface area contributed by atoms with Crippen LogP contribution in [0, 0.1) is 11.8 Å². The van der Waals surface area contributed by atoms with Gasteiger partial charge in [0.2, 0.25) is 82.7 Å². The number of likely N-dealkylation sites (N-methyl/N-ethyl adjacent to an activating group) is 1. The maximum Gasteiger partial charge on any atom is 0.245 e. The van der Waals surface area contributed by atoms with Crippen molar-refractivity contribution in [1.82, 2.24) is 73.7 Å². The van der Waals surface area contributed by atoms with Gasteiger partial charge < -0.3 is 99.8 Å². The molecule has 33 nitrogen and oxygen atoms in total. The SMILES string of the molecule is CC(C)C[C@@H]1NC(=O)[C@H](Cc2ccccc2)N(C)C(=O)[C@H](Cc2ccc(O)cc2)NC(=O)[C@H](Cc2c[nH]c3ccccc23)NC(=O)CNC(=O)[C@H](CO)NC(=O)[C@H](Cc2ccc(O)cc2)NC(=O)[C@H](C(C)C)NC(=O)[C@H](C)NC(=O)[C@H](Cc2ccc(O)cc2)NC(=O)[C@H](Cc2ccccc2)NC(=O)CSC[C@@H](C(=O)NCC(N)=O)NC1=O. The first-order valence-corrected chi connectivity index (χ1v) is 39.2. The van der Waals surface area contributed by atoms with E-state index >= 15 is 14.4 Å². The van der Waals surface area contributed by atoms with Crippen molar-refractivity contribution in [3.8, 4) is 17.2 Å².